The van der Waals surface area contributed by atoms with Crippen molar-refractivity contribution in [3.63, 3.8) is 0 Å². The van der Waals surface area contributed by atoms with E-state index in [0.717, 1.165) is 55.1 Å². The van der Waals surface area contributed by atoms with E-state index in [9.17, 15) is 4.79 Å². The van der Waals surface area contributed by atoms with E-state index in [1.807, 2.05) is 40.8 Å². The maximum absolute atomic E-state index is 12.1. The highest BCUT2D eigenvalue weighted by molar-refractivity contribution is 5.68. The van der Waals surface area contributed by atoms with Crippen LogP contribution in [-0.4, -0.2) is 41.4 Å². The summed E-state index contributed by atoms with van der Waals surface area (Å²) in [4.78, 5) is 21.2. The fraction of sp³-hybridized carbons (Fsp3) is 0.560. The van der Waals surface area contributed by atoms with E-state index >= 15 is 0 Å². The number of ether oxygens (including phenoxy) is 2. The van der Waals surface area contributed by atoms with E-state index in [1.54, 1.807) is 0 Å². The number of carbonyl (C=O) groups is 1. The molecule has 1 saturated carbocycles. The molecule has 1 aliphatic carbocycles. The van der Waals surface area contributed by atoms with Crippen LogP contribution in [0, 0.1) is 6.92 Å². The van der Waals surface area contributed by atoms with Gasteiger partial charge in [-0.05, 0) is 82.6 Å². The minimum absolute atomic E-state index is 0.145. The Hall–Kier alpha value is -3.03. The molecule has 0 spiro atoms. The van der Waals surface area contributed by atoms with Crippen LogP contribution in [0.1, 0.15) is 69.2 Å². The van der Waals surface area contributed by atoms with Crippen LogP contribution in [0.5, 0.6) is 5.75 Å². The summed E-state index contributed by atoms with van der Waals surface area (Å²) in [6, 6.07) is 6.39. The summed E-state index contributed by atoms with van der Waals surface area (Å²) >= 11 is 0. The van der Waals surface area contributed by atoms with Gasteiger partial charge in [0.15, 0.2) is 0 Å². The molecule has 2 aliphatic rings. The zero-order valence-electron chi connectivity index (χ0n) is 20.2. The number of amides is 1. The molecule has 3 N–H and O–H groups in total. The Labute approximate surface area is 195 Å². The second-order valence-corrected chi connectivity index (χ2v) is 9.94. The highest BCUT2D eigenvalue weighted by atomic mass is 16.6. The van der Waals surface area contributed by atoms with Gasteiger partial charge in [-0.2, -0.15) is 4.98 Å². The Morgan fingerprint density at radius 3 is 2.58 bits per heavy atom. The number of hydrogen-bond donors (Lipinski definition) is 3. The van der Waals surface area contributed by atoms with Gasteiger partial charge in [0, 0.05) is 37.0 Å². The van der Waals surface area contributed by atoms with Crippen molar-refractivity contribution < 1.29 is 14.3 Å². The van der Waals surface area contributed by atoms with E-state index in [-0.39, 0.29) is 12.1 Å². The average molecular weight is 454 g/mol. The van der Waals surface area contributed by atoms with Crippen molar-refractivity contribution >= 4 is 23.5 Å². The molecule has 1 aliphatic heterocycles. The third-order valence-corrected chi connectivity index (χ3v) is 6.07. The second kappa shape index (κ2) is 9.45. The lowest BCUT2D eigenvalue weighted by Crippen LogP contribution is -2.40. The van der Waals surface area contributed by atoms with Crippen LogP contribution in [0.4, 0.5) is 22.2 Å². The monoisotopic (exact) mass is 453 g/mol. The summed E-state index contributed by atoms with van der Waals surface area (Å²) in [6.07, 6.45) is 4.39. The number of anilines is 3. The van der Waals surface area contributed by atoms with Gasteiger partial charge in [0.25, 0.3) is 0 Å². The zero-order valence-corrected chi connectivity index (χ0v) is 20.2. The fourth-order valence-corrected chi connectivity index (χ4v) is 4.62. The molecule has 2 aromatic rings. The molecule has 0 bridgehead atoms. The summed E-state index contributed by atoms with van der Waals surface area (Å²) in [5.41, 5.74) is 3.87. The van der Waals surface area contributed by atoms with Crippen LogP contribution < -0.4 is 20.7 Å². The van der Waals surface area contributed by atoms with Gasteiger partial charge in [-0.25, -0.2) is 9.78 Å². The van der Waals surface area contributed by atoms with Crippen molar-refractivity contribution in [2.75, 3.05) is 24.3 Å². The summed E-state index contributed by atoms with van der Waals surface area (Å²) in [5, 5.41) is 9.51. The number of nitrogens with one attached hydrogen (secondary N) is 3. The molecule has 1 aromatic heterocycles. The van der Waals surface area contributed by atoms with E-state index in [4.69, 9.17) is 9.47 Å². The lowest BCUT2D eigenvalue weighted by Gasteiger charge is -2.31. The molecule has 4 rings (SSSR count). The predicted molar refractivity (Wildman–Crippen MR) is 130 cm³/mol. The van der Waals surface area contributed by atoms with Crippen molar-refractivity contribution in [3.8, 4) is 5.75 Å². The highest BCUT2D eigenvalue weighted by Crippen LogP contribution is 2.43. The first-order valence-electron chi connectivity index (χ1n) is 11.8. The maximum Gasteiger partial charge on any atom is 0.407 e. The molecule has 0 unspecified atom stereocenters. The van der Waals surface area contributed by atoms with Gasteiger partial charge in [0.1, 0.15) is 17.2 Å². The fourth-order valence-electron chi connectivity index (χ4n) is 4.62. The molecule has 33 heavy (non-hydrogen) atoms. The standard InChI is InChI=1S/C25H35N5O3/c1-15-12-21(26-5)30-23(27-15)28-19-13-17-10-11-32-22(17)20(14-19)16-6-8-18(9-7-16)29-24(31)33-25(2,3)4/h12-14,16,18H,6-11H2,1-5H3,(H,29,31)(H2,26,27,28,30). The summed E-state index contributed by atoms with van der Waals surface area (Å²) < 4.78 is 11.4. The van der Waals surface area contributed by atoms with Gasteiger partial charge in [-0.1, -0.05) is 0 Å². The summed E-state index contributed by atoms with van der Waals surface area (Å²) in [6.45, 7) is 8.32. The molecule has 0 saturated heterocycles. The first kappa shape index (κ1) is 23.1. The molecule has 178 valence electrons. The Kier molecular flexibility index (Phi) is 6.63. The maximum atomic E-state index is 12.1. The Bertz CT molecular complexity index is 1010. The van der Waals surface area contributed by atoms with Crippen molar-refractivity contribution in [3.05, 3.63) is 35.0 Å². The van der Waals surface area contributed by atoms with Gasteiger partial charge < -0.3 is 25.4 Å². The Morgan fingerprint density at radius 1 is 1.12 bits per heavy atom. The Balaban J connectivity index is 1.47. The van der Waals surface area contributed by atoms with Crippen molar-refractivity contribution in [1.29, 1.82) is 0 Å². The number of nitrogens with zero attached hydrogens (tertiary/aromatic N) is 2. The number of benzene rings is 1. The van der Waals surface area contributed by atoms with Crippen LogP contribution in [-0.2, 0) is 11.2 Å². The van der Waals surface area contributed by atoms with Crippen LogP contribution in [0.3, 0.4) is 0 Å². The normalized spacial score (nSPS) is 19.9. The van der Waals surface area contributed by atoms with Crippen LogP contribution in [0.25, 0.3) is 0 Å². The number of aromatic nitrogens is 2. The Morgan fingerprint density at radius 2 is 1.88 bits per heavy atom. The highest BCUT2D eigenvalue weighted by Gasteiger charge is 2.29. The molecule has 1 aromatic carbocycles. The zero-order chi connectivity index (χ0) is 23.6. The van der Waals surface area contributed by atoms with E-state index in [2.05, 4.69) is 38.1 Å². The number of alkyl carbamates (subject to hydrolysis) is 1. The third kappa shape index (κ3) is 5.86. The molecule has 0 atom stereocenters. The van der Waals surface area contributed by atoms with Gasteiger partial charge in [0.2, 0.25) is 5.95 Å². The quantitative estimate of drug-likeness (QED) is 0.582. The number of fused-ring (bicyclic) bond motifs is 1. The van der Waals surface area contributed by atoms with Crippen molar-refractivity contribution in [2.45, 2.75) is 77.4 Å². The number of aryl methyl sites for hydroxylation is 1. The van der Waals surface area contributed by atoms with Crippen molar-refractivity contribution in [1.82, 2.24) is 15.3 Å². The molecule has 0 radical (unpaired) electrons. The van der Waals surface area contributed by atoms with Crippen molar-refractivity contribution in [2.24, 2.45) is 0 Å². The molecule has 1 fully saturated rings. The molecular weight excluding hydrogens is 418 g/mol. The SMILES string of the molecule is CNc1cc(C)nc(Nc2cc3c(c(C4CCC(NC(=O)OC(C)(C)C)CC4)c2)OCC3)n1. The first-order valence-corrected chi connectivity index (χ1v) is 11.8. The predicted octanol–water partition coefficient (Wildman–Crippen LogP) is 5.06. The number of hydrogen-bond acceptors (Lipinski definition) is 7. The van der Waals surface area contributed by atoms with Gasteiger partial charge in [0.05, 0.1) is 6.61 Å². The number of rotatable bonds is 5. The van der Waals surface area contributed by atoms with Gasteiger partial charge in [-0.3, -0.25) is 0 Å². The largest absolute Gasteiger partial charge is 0.493 e. The summed E-state index contributed by atoms with van der Waals surface area (Å²) in [7, 11) is 1.85. The molecule has 2 heterocycles. The summed E-state index contributed by atoms with van der Waals surface area (Å²) in [5.74, 6) is 2.78. The van der Waals surface area contributed by atoms with Crippen LogP contribution >= 0.6 is 0 Å². The second-order valence-electron chi connectivity index (χ2n) is 9.94. The minimum atomic E-state index is -0.485. The molecular formula is C25H35N5O3. The lowest BCUT2D eigenvalue weighted by molar-refractivity contribution is 0.0491. The van der Waals surface area contributed by atoms with Gasteiger partial charge >= 0.3 is 6.09 Å². The number of carbonyl (C=O) groups excluding carboxylic acids is 1. The van der Waals surface area contributed by atoms with Crippen LogP contribution in [0.15, 0.2) is 18.2 Å². The average Bonchev–Trinajstić information content (AvgIpc) is 3.20. The third-order valence-electron chi connectivity index (χ3n) is 6.07. The lowest BCUT2D eigenvalue weighted by atomic mass is 9.80. The molecule has 8 nitrogen and oxygen atoms in total. The van der Waals surface area contributed by atoms with Gasteiger partial charge in [-0.15, -0.1) is 0 Å². The molecule has 1 amide bonds. The van der Waals surface area contributed by atoms with E-state index in [1.165, 1.54) is 11.1 Å². The van der Waals surface area contributed by atoms with E-state index in [0.29, 0.717) is 18.5 Å². The smallest absolute Gasteiger partial charge is 0.407 e. The minimum Gasteiger partial charge on any atom is -0.493 e. The molecule has 8 heteroatoms. The first-order chi connectivity index (χ1) is 15.7. The van der Waals surface area contributed by atoms with Crippen LogP contribution in [0.2, 0.25) is 0 Å². The topological polar surface area (TPSA) is 97.4 Å². The van der Waals surface area contributed by atoms with E-state index < -0.39 is 5.60 Å².